The fourth-order valence-electron chi connectivity index (χ4n) is 5.37. The van der Waals surface area contributed by atoms with Crippen molar-refractivity contribution in [2.24, 2.45) is 0 Å². The third-order valence-corrected chi connectivity index (χ3v) is 7.84. The van der Waals surface area contributed by atoms with E-state index in [1.54, 1.807) is 36.4 Å². The van der Waals surface area contributed by atoms with Crippen LogP contribution in [-0.4, -0.2) is 57.4 Å². The lowest BCUT2D eigenvalue weighted by Gasteiger charge is -2.32. The van der Waals surface area contributed by atoms with Crippen LogP contribution in [0.1, 0.15) is 46.6 Å². The average Bonchev–Trinajstić information content (AvgIpc) is 3.31. The van der Waals surface area contributed by atoms with E-state index in [1.165, 1.54) is 6.07 Å². The second-order valence-electron chi connectivity index (χ2n) is 10.7. The molecule has 0 saturated carbocycles. The van der Waals surface area contributed by atoms with Gasteiger partial charge in [-0.2, -0.15) is 5.26 Å². The number of hydrogen-bond acceptors (Lipinski definition) is 7. The topological polar surface area (TPSA) is 110 Å². The van der Waals surface area contributed by atoms with E-state index in [2.05, 4.69) is 9.47 Å². The molecule has 1 unspecified atom stereocenters. The Bertz CT molecular complexity index is 1640. The van der Waals surface area contributed by atoms with Crippen LogP contribution >= 0.6 is 0 Å². The average molecular weight is 571 g/mol. The number of carboxylic acid groups (broad SMARTS) is 1. The zero-order valence-corrected chi connectivity index (χ0v) is 23.0. The van der Waals surface area contributed by atoms with Crippen molar-refractivity contribution in [2.75, 3.05) is 19.7 Å². The fraction of sp³-hybridized carbons (Fsp3) is 0.344. The number of imidazole rings is 1. The number of fused-ring (bicyclic) bond motifs is 1. The van der Waals surface area contributed by atoms with Gasteiger partial charge >= 0.3 is 5.97 Å². The van der Waals surface area contributed by atoms with Gasteiger partial charge in [0.15, 0.2) is 0 Å². The van der Waals surface area contributed by atoms with Crippen LogP contribution in [0.3, 0.4) is 0 Å². The van der Waals surface area contributed by atoms with E-state index in [0.717, 1.165) is 55.8 Å². The molecule has 216 valence electrons. The highest BCUT2D eigenvalue weighted by atomic mass is 19.1. The standard InChI is InChI=1S/C32H31FN4O5/c33-28-14-21(17-34)4-5-23(28)20-41-25-2-1-3-26(16-25)42-24-8-11-36(12-9-24)19-31-35-29-7-6-22(32(38)39)15-30(29)37(31)18-27-10-13-40-27/h1-7,14-16,24,27H,8-13,18-20H2,(H,38,39). The minimum atomic E-state index is -0.953. The molecule has 1 atom stereocenters. The van der Waals surface area contributed by atoms with Crippen LogP contribution in [0.5, 0.6) is 11.5 Å². The number of nitrogens with zero attached hydrogens (tertiary/aromatic N) is 4. The second-order valence-corrected chi connectivity index (χ2v) is 10.7. The quantitative estimate of drug-likeness (QED) is 0.279. The smallest absolute Gasteiger partial charge is 0.335 e. The number of likely N-dealkylation sites (tertiary alicyclic amines) is 1. The summed E-state index contributed by atoms with van der Waals surface area (Å²) >= 11 is 0. The lowest BCUT2D eigenvalue weighted by Crippen LogP contribution is -2.39. The van der Waals surface area contributed by atoms with Crippen LogP contribution in [0.4, 0.5) is 4.39 Å². The highest BCUT2D eigenvalue weighted by molar-refractivity contribution is 5.92. The molecule has 0 radical (unpaired) electrons. The molecule has 0 spiro atoms. The summed E-state index contributed by atoms with van der Waals surface area (Å²) in [6, 6.07) is 18.7. The van der Waals surface area contributed by atoms with Gasteiger partial charge in [0.25, 0.3) is 0 Å². The molecular formula is C32H31FN4O5. The van der Waals surface area contributed by atoms with Gasteiger partial charge in [-0.3, -0.25) is 4.90 Å². The summed E-state index contributed by atoms with van der Waals surface area (Å²) in [6.45, 7) is 3.79. The monoisotopic (exact) mass is 570 g/mol. The Hall–Kier alpha value is -4.46. The Morgan fingerprint density at radius 3 is 2.62 bits per heavy atom. The van der Waals surface area contributed by atoms with Crippen molar-refractivity contribution >= 4 is 17.0 Å². The van der Waals surface area contributed by atoms with Gasteiger partial charge in [-0.15, -0.1) is 0 Å². The van der Waals surface area contributed by atoms with Gasteiger partial charge in [0.05, 0.1) is 47.4 Å². The molecule has 2 aliphatic heterocycles. The number of rotatable bonds is 10. The van der Waals surface area contributed by atoms with Crippen LogP contribution in [0, 0.1) is 17.1 Å². The number of nitriles is 1. The molecule has 1 N–H and O–H groups in total. The molecule has 10 heteroatoms. The van der Waals surface area contributed by atoms with Crippen LogP contribution < -0.4 is 9.47 Å². The number of ether oxygens (including phenoxy) is 3. The minimum absolute atomic E-state index is 0.0489. The predicted octanol–water partition coefficient (Wildman–Crippen LogP) is 5.16. The molecule has 2 fully saturated rings. The predicted molar refractivity (Wildman–Crippen MR) is 152 cm³/mol. The van der Waals surface area contributed by atoms with Crippen LogP contribution in [0.25, 0.3) is 11.0 Å². The van der Waals surface area contributed by atoms with Gasteiger partial charge in [0.2, 0.25) is 0 Å². The number of carboxylic acids is 1. The van der Waals surface area contributed by atoms with E-state index in [4.69, 9.17) is 24.5 Å². The first-order chi connectivity index (χ1) is 20.4. The molecular weight excluding hydrogens is 539 g/mol. The molecule has 4 aromatic rings. The Morgan fingerprint density at radius 2 is 1.90 bits per heavy atom. The molecule has 0 amide bonds. The molecule has 1 aromatic heterocycles. The van der Waals surface area contributed by atoms with Crippen molar-refractivity contribution in [3.8, 4) is 17.6 Å². The number of benzene rings is 3. The minimum Gasteiger partial charge on any atom is -0.490 e. The summed E-state index contributed by atoms with van der Waals surface area (Å²) in [4.78, 5) is 18.8. The van der Waals surface area contributed by atoms with Crippen LogP contribution in [0.2, 0.25) is 0 Å². The van der Waals surface area contributed by atoms with E-state index in [1.807, 2.05) is 24.3 Å². The van der Waals surface area contributed by atoms with Gasteiger partial charge in [-0.1, -0.05) is 12.1 Å². The van der Waals surface area contributed by atoms with E-state index in [9.17, 15) is 14.3 Å². The van der Waals surface area contributed by atoms with Gasteiger partial charge in [0, 0.05) is 31.3 Å². The van der Waals surface area contributed by atoms with Crippen molar-refractivity contribution in [3.63, 3.8) is 0 Å². The Morgan fingerprint density at radius 1 is 1.10 bits per heavy atom. The fourth-order valence-corrected chi connectivity index (χ4v) is 5.37. The molecule has 9 nitrogen and oxygen atoms in total. The molecule has 6 rings (SSSR count). The molecule has 42 heavy (non-hydrogen) atoms. The number of aromatic carboxylic acids is 1. The molecule has 2 saturated heterocycles. The largest absolute Gasteiger partial charge is 0.490 e. The summed E-state index contributed by atoms with van der Waals surface area (Å²) in [5.41, 5.74) is 2.51. The highest BCUT2D eigenvalue weighted by Crippen LogP contribution is 2.27. The highest BCUT2D eigenvalue weighted by Gasteiger charge is 2.26. The first-order valence-corrected chi connectivity index (χ1v) is 14.1. The lowest BCUT2D eigenvalue weighted by molar-refractivity contribution is -0.0592. The molecule has 0 bridgehead atoms. The van der Waals surface area contributed by atoms with Crippen molar-refractivity contribution < 1.29 is 28.5 Å². The number of carbonyl (C=O) groups is 1. The van der Waals surface area contributed by atoms with Gasteiger partial charge in [0.1, 0.15) is 35.9 Å². The van der Waals surface area contributed by atoms with Crippen LogP contribution in [0.15, 0.2) is 60.7 Å². The van der Waals surface area contributed by atoms with Crippen molar-refractivity contribution in [1.29, 1.82) is 5.26 Å². The first-order valence-electron chi connectivity index (χ1n) is 14.1. The summed E-state index contributed by atoms with van der Waals surface area (Å²) in [6.07, 6.45) is 2.84. The van der Waals surface area contributed by atoms with E-state index >= 15 is 0 Å². The maximum Gasteiger partial charge on any atom is 0.335 e. The summed E-state index contributed by atoms with van der Waals surface area (Å²) in [5.74, 6) is 0.762. The SMILES string of the molecule is N#Cc1ccc(COc2cccc(OC3CCN(Cc4nc5ccc(C(=O)O)cc5n4CC4CCO4)CC3)c2)c(F)c1. The van der Waals surface area contributed by atoms with Crippen LogP contribution in [-0.2, 0) is 24.4 Å². The van der Waals surface area contributed by atoms with Gasteiger partial charge < -0.3 is 23.9 Å². The van der Waals surface area contributed by atoms with Crippen molar-refractivity contribution in [3.05, 3.63) is 89.0 Å². The summed E-state index contributed by atoms with van der Waals surface area (Å²) in [7, 11) is 0. The first kappa shape index (κ1) is 27.7. The number of piperidine rings is 1. The van der Waals surface area contributed by atoms with E-state index in [0.29, 0.717) is 30.2 Å². The molecule has 0 aliphatic carbocycles. The normalized spacial score (nSPS) is 17.5. The zero-order chi connectivity index (χ0) is 29.1. The third kappa shape index (κ3) is 6.22. The Balaban J connectivity index is 1.06. The molecule has 3 heterocycles. The van der Waals surface area contributed by atoms with E-state index < -0.39 is 11.8 Å². The Kier molecular flexibility index (Phi) is 8.04. The van der Waals surface area contributed by atoms with Crippen molar-refractivity contribution in [1.82, 2.24) is 14.5 Å². The molecule has 2 aliphatic rings. The number of halogens is 1. The van der Waals surface area contributed by atoms with Crippen molar-refractivity contribution in [2.45, 2.75) is 51.2 Å². The number of aromatic nitrogens is 2. The zero-order valence-electron chi connectivity index (χ0n) is 23.0. The van der Waals surface area contributed by atoms with Gasteiger partial charge in [-0.25, -0.2) is 14.2 Å². The second kappa shape index (κ2) is 12.2. The summed E-state index contributed by atoms with van der Waals surface area (Å²) in [5, 5.41) is 18.4. The maximum atomic E-state index is 14.2. The molecule has 3 aromatic carbocycles. The summed E-state index contributed by atoms with van der Waals surface area (Å²) < 4.78 is 34.1. The van der Waals surface area contributed by atoms with E-state index in [-0.39, 0.29) is 29.9 Å². The van der Waals surface area contributed by atoms with Gasteiger partial charge in [-0.05, 0) is 61.7 Å². The lowest BCUT2D eigenvalue weighted by atomic mass is 10.1. The maximum absolute atomic E-state index is 14.2. The Labute approximate surface area is 242 Å². The number of hydrogen-bond donors (Lipinski definition) is 1. The third-order valence-electron chi connectivity index (χ3n) is 7.84.